The van der Waals surface area contributed by atoms with Crippen LogP contribution >= 0.6 is 0 Å². The van der Waals surface area contributed by atoms with Gasteiger partial charge in [0.1, 0.15) is 0 Å². The Morgan fingerprint density at radius 3 is 2.28 bits per heavy atom. The molecule has 1 aliphatic rings. The summed E-state index contributed by atoms with van der Waals surface area (Å²) in [5.41, 5.74) is 5.92. The van der Waals surface area contributed by atoms with E-state index in [-0.39, 0.29) is 0 Å². The molecule has 0 atom stereocenters. The fourth-order valence-electron chi connectivity index (χ4n) is 1.76. The Hall–Kier alpha value is -2.55. The minimum absolute atomic E-state index is 0.887. The molecule has 87 valence electrons. The van der Waals surface area contributed by atoms with Crippen molar-refractivity contribution in [1.82, 2.24) is 5.43 Å². The molecule has 0 fully saturated rings. The molecule has 0 aromatic heterocycles. The van der Waals surface area contributed by atoms with Crippen molar-refractivity contribution in [3.63, 3.8) is 0 Å². The van der Waals surface area contributed by atoms with Crippen molar-refractivity contribution in [2.75, 3.05) is 5.12 Å². The second-order valence-electron chi connectivity index (χ2n) is 3.90. The molecule has 2 aromatic rings. The Kier molecular flexibility index (Phi) is 2.80. The van der Waals surface area contributed by atoms with Crippen molar-refractivity contribution >= 4 is 11.4 Å². The van der Waals surface area contributed by atoms with Gasteiger partial charge in [-0.3, -0.25) is 5.43 Å². The minimum atomic E-state index is 0.887. The average Bonchev–Trinajstić information content (AvgIpc) is 2.49. The highest BCUT2D eigenvalue weighted by Gasteiger charge is 2.09. The van der Waals surface area contributed by atoms with Crippen LogP contribution in [0.2, 0.25) is 0 Å². The summed E-state index contributed by atoms with van der Waals surface area (Å²) in [5, 5.41) is 6.25. The Balaban J connectivity index is 1.93. The van der Waals surface area contributed by atoms with Gasteiger partial charge in [-0.05, 0) is 18.2 Å². The molecule has 0 saturated heterocycles. The average molecular weight is 234 g/mol. The minimum Gasteiger partial charge on any atom is -0.276 e. The van der Waals surface area contributed by atoms with Crippen LogP contribution in [0.1, 0.15) is 5.56 Å². The number of allylic oxidation sites excluding steroid dienone is 1. The SMILES string of the molecule is [C]1=CC(c2ccccc2)=NN(c2ccccc2)N1. The maximum atomic E-state index is 4.54. The highest BCUT2D eigenvalue weighted by atomic mass is 15.7. The second-order valence-corrected chi connectivity index (χ2v) is 3.90. The first kappa shape index (κ1) is 10.6. The molecule has 3 nitrogen and oxygen atoms in total. The lowest BCUT2D eigenvalue weighted by Gasteiger charge is -2.22. The zero-order valence-electron chi connectivity index (χ0n) is 9.75. The van der Waals surface area contributed by atoms with Crippen molar-refractivity contribution in [3.05, 3.63) is 78.5 Å². The monoisotopic (exact) mass is 234 g/mol. The number of hydrazine groups is 1. The zero-order chi connectivity index (χ0) is 12.2. The highest BCUT2D eigenvalue weighted by molar-refractivity contribution is 6.09. The Morgan fingerprint density at radius 1 is 0.889 bits per heavy atom. The molecule has 2 aromatic carbocycles. The Morgan fingerprint density at radius 2 is 1.56 bits per heavy atom. The van der Waals surface area contributed by atoms with Gasteiger partial charge in [0.2, 0.25) is 0 Å². The van der Waals surface area contributed by atoms with Crippen LogP contribution in [0.25, 0.3) is 0 Å². The molecule has 0 saturated carbocycles. The number of hydrazone groups is 1. The summed E-state index contributed by atoms with van der Waals surface area (Å²) in [6.45, 7) is 0. The van der Waals surface area contributed by atoms with Crippen LogP contribution in [-0.4, -0.2) is 5.71 Å². The molecule has 1 radical (unpaired) electrons. The van der Waals surface area contributed by atoms with Crippen molar-refractivity contribution < 1.29 is 0 Å². The van der Waals surface area contributed by atoms with E-state index >= 15 is 0 Å². The molecule has 0 amide bonds. The standard InChI is InChI=1S/C15H12N3/c1-3-7-13(8-4-1)15-11-12-16-18(17-15)14-9-5-2-6-10-14/h1-11,16H. The highest BCUT2D eigenvalue weighted by Crippen LogP contribution is 2.14. The van der Waals surface area contributed by atoms with Crippen LogP contribution in [0.15, 0.2) is 71.8 Å². The third kappa shape index (κ3) is 2.11. The molecule has 1 N–H and O–H groups in total. The lowest BCUT2D eigenvalue weighted by atomic mass is 10.1. The lowest BCUT2D eigenvalue weighted by molar-refractivity contribution is 0.753. The molecular weight excluding hydrogens is 222 g/mol. The van der Waals surface area contributed by atoms with Gasteiger partial charge in [-0.1, -0.05) is 48.5 Å². The van der Waals surface area contributed by atoms with Gasteiger partial charge in [0.05, 0.1) is 17.6 Å². The van der Waals surface area contributed by atoms with E-state index in [2.05, 4.69) is 16.7 Å². The number of hydrogen-bond donors (Lipinski definition) is 1. The summed E-state index contributed by atoms with van der Waals surface area (Å²) in [5.74, 6) is 0. The molecule has 0 bridgehead atoms. The molecule has 1 heterocycles. The quantitative estimate of drug-likeness (QED) is 0.865. The van der Waals surface area contributed by atoms with E-state index in [1.54, 1.807) is 5.12 Å². The predicted octanol–water partition coefficient (Wildman–Crippen LogP) is 2.73. The summed E-state index contributed by atoms with van der Waals surface area (Å²) in [6, 6.07) is 20.0. The largest absolute Gasteiger partial charge is 0.276 e. The van der Waals surface area contributed by atoms with Crippen molar-refractivity contribution in [2.45, 2.75) is 0 Å². The fraction of sp³-hybridized carbons (Fsp3) is 0. The predicted molar refractivity (Wildman–Crippen MR) is 72.8 cm³/mol. The Labute approximate surface area is 106 Å². The van der Waals surface area contributed by atoms with E-state index in [1.807, 2.05) is 66.7 Å². The lowest BCUT2D eigenvalue weighted by Crippen LogP contribution is -2.33. The normalized spacial score (nSPS) is 14.0. The molecule has 0 aliphatic carbocycles. The maximum Gasteiger partial charge on any atom is 0.0950 e. The van der Waals surface area contributed by atoms with E-state index in [0.717, 1.165) is 17.0 Å². The van der Waals surface area contributed by atoms with E-state index in [1.165, 1.54) is 0 Å². The summed E-state index contributed by atoms with van der Waals surface area (Å²) in [7, 11) is 0. The van der Waals surface area contributed by atoms with E-state index in [4.69, 9.17) is 0 Å². The summed E-state index contributed by atoms with van der Waals surface area (Å²) < 4.78 is 0. The van der Waals surface area contributed by atoms with Gasteiger partial charge in [-0.15, -0.1) is 0 Å². The van der Waals surface area contributed by atoms with E-state index < -0.39 is 0 Å². The van der Waals surface area contributed by atoms with Gasteiger partial charge < -0.3 is 0 Å². The number of nitrogens with one attached hydrogen (secondary N) is 1. The number of rotatable bonds is 2. The maximum absolute atomic E-state index is 4.54. The first-order chi connectivity index (χ1) is 8.93. The van der Waals surface area contributed by atoms with Crippen molar-refractivity contribution in [2.24, 2.45) is 5.10 Å². The van der Waals surface area contributed by atoms with Gasteiger partial charge >= 0.3 is 0 Å². The van der Waals surface area contributed by atoms with Crippen molar-refractivity contribution in [1.29, 1.82) is 0 Å². The van der Waals surface area contributed by atoms with Gasteiger partial charge in [0.25, 0.3) is 0 Å². The van der Waals surface area contributed by atoms with Gasteiger partial charge in [-0.25, -0.2) is 0 Å². The van der Waals surface area contributed by atoms with Gasteiger partial charge in [-0.2, -0.15) is 10.2 Å². The number of anilines is 1. The molecule has 0 spiro atoms. The zero-order valence-corrected chi connectivity index (χ0v) is 9.75. The second kappa shape index (κ2) is 4.75. The van der Waals surface area contributed by atoms with E-state index in [9.17, 15) is 0 Å². The van der Waals surface area contributed by atoms with Crippen LogP contribution in [-0.2, 0) is 0 Å². The topological polar surface area (TPSA) is 27.6 Å². The van der Waals surface area contributed by atoms with Gasteiger partial charge in [0.15, 0.2) is 0 Å². The molecule has 3 heteroatoms. The summed E-state index contributed by atoms with van der Waals surface area (Å²) in [6.07, 6.45) is 4.84. The third-order valence-electron chi connectivity index (χ3n) is 2.66. The third-order valence-corrected chi connectivity index (χ3v) is 2.66. The number of benzene rings is 2. The Bertz CT molecular complexity index is 573. The van der Waals surface area contributed by atoms with Crippen LogP contribution in [0.3, 0.4) is 0 Å². The fourth-order valence-corrected chi connectivity index (χ4v) is 1.76. The first-order valence-electron chi connectivity index (χ1n) is 5.77. The number of para-hydroxylation sites is 1. The van der Waals surface area contributed by atoms with Crippen LogP contribution in [0.5, 0.6) is 0 Å². The first-order valence-corrected chi connectivity index (χ1v) is 5.77. The number of hydrogen-bond acceptors (Lipinski definition) is 3. The van der Waals surface area contributed by atoms with Crippen LogP contribution in [0, 0.1) is 6.20 Å². The molecule has 3 rings (SSSR count). The van der Waals surface area contributed by atoms with Crippen molar-refractivity contribution in [3.8, 4) is 0 Å². The van der Waals surface area contributed by atoms with E-state index in [0.29, 0.717) is 0 Å². The number of nitrogens with zero attached hydrogens (tertiary/aromatic N) is 2. The smallest absolute Gasteiger partial charge is 0.0950 e. The molecular formula is C15H12N3. The van der Waals surface area contributed by atoms with Gasteiger partial charge in [0, 0.05) is 5.56 Å². The molecule has 18 heavy (non-hydrogen) atoms. The molecule has 0 unspecified atom stereocenters. The van der Waals surface area contributed by atoms with Crippen LogP contribution in [0.4, 0.5) is 5.69 Å². The summed E-state index contributed by atoms with van der Waals surface area (Å²) in [4.78, 5) is 0. The molecule has 1 aliphatic heterocycles. The summed E-state index contributed by atoms with van der Waals surface area (Å²) >= 11 is 0. The van der Waals surface area contributed by atoms with Crippen LogP contribution < -0.4 is 10.5 Å².